The number of sulfonamides is 1. The lowest BCUT2D eigenvalue weighted by Crippen LogP contribution is -2.61. The number of aromatic nitrogens is 1. The summed E-state index contributed by atoms with van der Waals surface area (Å²) in [4.78, 5) is 18.2. The Morgan fingerprint density at radius 1 is 1.30 bits per heavy atom. The molecule has 0 aliphatic carbocycles. The minimum Gasteiger partial charge on any atom is -0.330 e. The van der Waals surface area contributed by atoms with E-state index >= 15 is 0 Å². The Bertz CT molecular complexity index is 845. The van der Waals surface area contributed by atoms with Crippen molar-refractivity contribution in [2.75, 3.05) is 30.9 Å². The van der Waals surface area contributed by atoms with Crippen LogP contribution in [0.15, 0.2) is 5.38 Å². The van der Waals surface area contributed by atoms with Gasteiger partial charge in [0.15, 0.2) is 9.84 Å². The van der Waals surface area contributed by atoms with Gasteiger partial charge in [-0.15, -0.1) is 11.3 Å². The molecule has 1 aromatic rings. The molecule has 0 N–H and O–H groups in total. The van der Waals surface area contributed by atoms with E-state index in [-0.39, 0.29) is 36.2 Å². The zero-order valence-corrected chi connectivity index (χ0v) is 15.1. The van der Waals surface area contributed by atoms with Crippen molar-refractivity contribution >= 4 is 37.1 Å². The highest BCUT2D eigenvalue weighted by Crippen LogP contribution is 2.29. The maximum absolute atomic E-state index is 12.6. The number of rotatable bonds is 2. The summed E-state index contributed by atoms with van der Waals surface area (Å²) in [7, 11) is -6.91. The zero-order chi connectivity index (χ0) is 17.0. The van der Waals surface area contributed by atoms with E-state index in [4.69, 9.17) is 0 Å². The van der Waals surface area contributed by atoms with Crippen LogP contribution in [-0.4, -0.2) is 79.9 Å². The van der Waals surface area contributed by atoms with Gasteiger partial charge in [0.1, 0.15) is 5.69 Å². The Morgan fingerprint density at radius 2 is 1.96 bits per heavy atom. The minimum atomic E-state index is -3.52. The number of nitrogens with zero attached hydrogens (tertiary/aromatic N) is 3. The molecule has 0 aromatic carbocycles. The van der Waals surface area contributed by atoms with Gasteiger partial charge in [0.25, 0.3) is 5.91 Å². The fourth-order valence-corrected chi connectivity index (χ4v) is 6.98. The zero-order valence-electron chi connectivity index (χ0n) is 12.7. The van der Waals surface area contributed by atoms with Crippen LogP contribution >= 0.6 is 11.3 Å². The van der Waals surface area contributed by atoms with Crippen molar-refractivity contribution < 1.29 is 21.6 Å². The summed E-state index contributed by atoms with van der Waals surface area (Å²) in [6.45, 7) is 2.05. The van der Waals surface area contributed by atoms with Gasteiger partial charge in [0.2, 0.25) is 10.0 Å². The fraction of sp³-hybridized carbons (Fsp3) is 0.667. The van der Waals surface area contributed by atoms with Crippen molar-refractivity contribution in [3.8, 4) is 0 Å². The number of hydrogen-bond acceptors (Lipinski definition) is 7. The van der Waals surface area contributed by atoms with Crippen molar-refractivity contribution in [3.05, 3.63) is 16.1 Å². The van der Waals surface area contributed by atoms with Gasteiger partial charge in [0.05, 0.1) is 34.9 Å². The molecule has 0 spiro atoms. The number of carbonyl (C=O) groups excluding carboxylic acids is 1. The fourth-order valence-electron chi connectivity index (χ4n) is 3.19. The van der Waals surface area contributed by atoms with Gasteiger partial charge < -0.3 is 4.90 Å². The summed E-state index contributed by atoms with van der Waals surface area (Å²) in [6, 6.07) is -1.37. The number of thiazole rings is 1. The molecule has 0 bridgehead atoms. The maximum Gasteiger partial charge on any atom is 0.273 e. The predicted octanol–water partition coefficient (Wildman–Crippen LogP) is -0.665. The molecule has 1 aromatic heterocycles. The molecule has 2 aliphatic rings. The van der Waals surface area contributed by atoms with Crippen LogP contribution in [0.2, 0.25) is 0 Å². The SMILES string of the molecule is Cc1nc(C(=O)N2CCN(S(C)(=O)=O)[C@H]3CS(=O)(=O)C[C@H]32)cs1. The van der Waals surface area contributed by atoms with Gasteiger partial charge in [-0.3, -0.25) is 4.79 Å². The summed E-state index contributed by atoms with van der Waals surface area (Å²) >= 11 is 1.34. The Morgan fingerprint density at radius 3 is 2.52 bits per heavy atom. The summed E-state index contributed by atoms with van der Waals surface area (Å²) in [6.07, 6.45) is 1.07. The lowest BCUT2D eigenvalue weighted by molar-refractivity contribution is 0.0511. The second-order valence-electron chi connectivity index (χ2n) is 5.84. The smallest absolute Gasteiger partial charge is 0.273 e. The van der Waals surface area contributed by atoms with Crippen molar-refractivity contribution in [1.29, 1.82) is 0 Å². The van der Waals surface area contributed by atoms with Gasteiger partial charge in [0, 0.05) is 18.5 Å². The molecule has 3 heterocycles. The highest BCUT2D eigenvalue weighted by atomic mass is 32.2. The van der Waals surface area contributed by atoms with E-state index in [2.05, 4.69) is 4.98 Å². The van der Waals surface area contributed by atoms with Crippen LogP contribution in [0.25, 0.3) is 0 Å². The largest absolute Gasteiger partial charge is 0.330 e. The van der Waals surface area contributed by atoms with Gasteiger partial charge in [-0.05, 0) is 6.92 Å². The maximum atomic E-state index is 12.6. The van der Waals surface area contributed by atoms with Crippen LogP contribution in [-0.2, 0) is 19.9 Å². The number of piperazine rings is 1. The second-order valence-corrected chi connectivity index (χ2v) is 11.0. The number of carbonyl (C=O) groups is 1. The van der Waals surface area contributed by atoms with Crippen molar-refractivity contribution in [1.82, 2.24) is 14.2 Å². The molecule has 23 heavy (non-hydrogen) atoms. The first-order valence-corrected chi connectivity index (χ1v) is 11.5. The third-order valence-corrected chi connectivity index (χ3v) is 7.93. The van der Waals surface area contributed by atoms with E-state index < -0.39 is 31.9 Å². The molecule has 128 valence electrons. The van der Waals surface area contributed by atoms with Gasteiger partial charge in [-0.25, -0.2) is 21.8 Å². The van der Waals surface area contributed by atoms with E-state index in [1.807, 2.05) is 0 Å². The Kier molecular flexibility index (Phi) is 4.02. The van der Waals surface area contributed by atoms with E-state index in [9.17, 15) is 21.6 Å². The molecule has 8 nitrogen and oxygen atoms in total. The quantitative estimate of drug-likeness (QED) is 0.675. The average molecular weight is 379 g/mol. The first-order chi connectivity index (χ1) is 10.6. The third-order valence-electron chi connectivity index (χ3n) is 4.15. The molecule has 2 atom stereocenters. The minimum absolute atomic E-state index is 0.102. The molecule has 2 aliphatic heterocycles. The molecule has 11 heteroatoms. The number of amides is 1. The van der Waals surface area contributed by atoms with Gasteiger partial charge in [-0.1, -0.05) is 0 Å². The molecule has 0 saturated carbocycles. The third kappa shape index (κ3) is 3.14. The normalized spacial score (nSPS) is 27.8. The molecular formula is C12H17N3O5S3. The van der Waals surface area contributed by atoms with Crippen molar-refractivity contribution in [2.45, 2.75) is 19.0 Å². The molecule has 2 saturated heterocycles. The number of fused-ring (bicyclic) bond motifs is 1. The van der Waals surface area contributed by atoms with Crippen molar-refractivity contribution in [3.63, 3.8) is 0 Å². The standard InChI is InChI=1S/C12H17N3O5S3/c1-8-13-9(5-21-8)12(16)14-3-4-15(22(2,17)18)11-7-23(19,20)6-10(11)14/h5,10-11H,3-4,6-7H2,1-2H3/t10-,11+/m1/s1. The Hall–Kier alpha value is -1.04. The van der Waals surface area contributed by atoms with E-state index in [0.29, 0.717) is 0 Å². The Labute approximate surface area is 139 Å². The molecule has 0 radical (unpaired) electrons. The molecule has 2 fully saturated rings. The number of aryl methyl sites for hydroxylation is 1. The molecule has 1 amide bonds. The van der Waals surface area contributed by atoms with Crippen LogP contribution < -0.4 is 0 Å². The number of sulfone groups is 1. The van der Waals surface area contributed by atoms with E-state index in [1.54, 1.807) is 12.3 Å². The van der Waals surface area contributed by atoms with Gasteiger partial charge >= 0.3 is 0 Å². The summed E-state index contributed by atoms with van der Waals surface area (Å²) in [5.74, 6) is -0.794. The first kappa shape index (κ1) is 16.8. The first-order valence-electron chi connectivity index (χ1n) is 6.99. The topological polar surface area (TPSA) is 105 Å². The summed E-state index contributed by atoms with van der Waals surface area (Å²) in [5.41, 5.74) is 0.281. The second kappa shape index (κ2) is 5.50. The molecule has 3 rings (SSSR count). The van der Waals surface area contributed by atoms with Crippen LogP contribution in [0.1, 0.15) is 15.5 Å². The molecule has 0 unspecified atom stereocenters. The highest BCUT2D eigenvalue weighted by molar-refractivity contribution is 7.92. The number of hydrogen-bond donors (Lipinski definition) is 0. The summed E-state index contributed by atoms with van der Waals surface area (Å²) < 4.78 is 49.0. The Balaban J connectivity index is 1.94. The van der Waals surface area contributed by atoms with E-state index in [0.717, 1.165) is 11.3 Å². The van der Waals surface area contributed by atoms with Crippen LogP contribution in [0.3, 0.4) is 0 Å². The lowest BCUT2D eigenvalue weighted by atomic mass is 10.1. The monoisotopic (exact) mass is 379 g/mol. The van der Waals surface area contributed by atoms with Crippen LogP contribution in [0.4, 0.5) is 0 Å². The molecular weight excluding hydrogens is 362 g/mol. The van der Waals surface area contributed by atoms with Crippen LogP contribution in [0.5, 0.6) is 0 Å². The van der Waals surface area contributed by atoms with E-state index in [1.165, 1.54) is 20.5 Å². The lowest BCUT2D eigenvalue weighted by Gasteiger charge is -2.42. The highest BCUT2D eigenvalue weighted by Gasteiger charge is 2.50. The summed E-state index contributed by atoms with van der Waals surface area (Å²) in [5, 5.41) is 2.39. The van der Waals surface area contributed by atoms with Crippen molar-refractivity contribution in [2.24, 2.45) is 0 Å². The van der Waals surface area contributed by atoms with Gasteiger partial charge in [-0.2, -0.15) is 4.31 Å². The predicted molar refractivity (Wildman–Crippen MR) is 85.7 cm³/mol. The van der Waals surface area contributed by atoms with Crippen LogP contribution in [0, 0.1) is 6.92 Å². The average Bonchev–Trinajstić information content (AvgIpc) is 2.97.